The molecule has 5 heteroatoms. The molecule has 1 aromatic rings. The number of rotatable bonds is 6. The molecular formula is C15H24N2O2S. The number of sulfonamides is 1. The van der Waals surface area contributed by atoms with Gasteiger partial charge in [0.05, 0.1) is 4.90 Å². The average molecular weight is 296 g/mol. The predicted molar refractivity (Wildman–Crippen MR) is 82.3 cm³/mol. The molecule has 0 spiro atoms. The third-order valence-corrected chi connectivity index (χ3v) is 5.51. The Morgan fingerprint density at radius 2 is 1.80 bits per heavy atom. The van der Waals surface area contributed by atoms with Crippen molar-refractivity contribution in [2.24, 2.45) is 5.41 Å². The van der Waals surface area contributed by atoms with Gasteiger partial charge in [-0.05, 0) is 56.4 Å². The molecule has 1 aliphatic rings. The molecule has 4 nitrogen and oxygen atoms in total. The Morgan fingerprint density at radius 3 is 2.25 bits per heavy atom. The van der Waals surface area contributed by atoms with Crippen molar-refractivity contribution in [2.75, 3.05) is 11.9 Å². The molecule has 0 unspecified atom stereocenters. The topological polar surface area (TPSA) is 58.2 Å². The van der Waals surface area contributed by atoms with Gasteiger partial charge in [0.2, 0.25) is 10.0 Å². The predicted octanol–water partition coefficient (Wildman–Crippen LogP) is 2.98. The SMILES string of the molecule is CC(C)NS(=O)(=O)c1ccc(NCC2(C)CCC2)cc1. The summed E-state index contributed by atoms with van der Waals surface area (Å²) in [6.45, 7) is 6.86. The highest BCUT2D eigenvalue weighted by atomic mass is 32.2. The normalized spacial score (nSPS) is 17.8. The van der Waals surface area contributed by atoms with Crippen molar-refractivity contribution in [3.05, 3.63) is 24.3 Å². The molecular weight excluding hydrogens is 272 g/mol. The van der Waals surface area contributed by atoms with E-state index in [0.717, 1.165) is 12.2 Å². The quantitative estimate of drug-likeness (QED) is 0.848. The Morgan fingerprint density at radius 1 is 1.20 bits per heavy atom. The van der Waals surface area contributed by atoms with Crippen LogP contribution in [0.2, 0.25) is 0 Å². The summed E-state index contributed by atoms with van der Waals surface area (Å²) in [5, 5.41) is 3.39. The van der Waals surface area contributed by atoms with E-state index < -0.39 is 10.0 Å². The molecule has 0 atom stereocenters. The van der Waals surface area contributed by atoms with E-state index in [1.165, 1.54) is 19.3 Å². The minimum atomic E-state index is -3.39. The Balaban J connectivity index is 1.99. The molecule has 0 bridgehead atoms. The first-order valence-corrected chi connectivity index (χ1v) is 8.65. The summed E-state index contributed by atoms with van der Waals surface area (Å²) >= 11 is 0. The van der Waals surface area contributed by atoms with Crippen LogP contribution in [0.25, 0.3) is 0 Å². The summed E-state index contributed by atoms with van der Waals surface area (Å²) < 4.78 is 26.6. The summed E-state index contributed by atoms with van der Waals surface area (Å²) in [5.41, 5.74) is 1.38. The Kier molecular flexibility index (Phi) is 4.39. The Bertz CT molecular complexity index is 546. The van der Waals surface area contributed by atoms with Gasteiger partial charge in [-0.1, -0.05) is 13.3 Å². The molecule has 0 amide bonds. The second-order valence-electron chi connectivity index (χ2n) is 6.32. The molecule has 0 heterocycles. The van der Waals surface area contributed by atoms with Gasteiger partial charge in [-0.2, -0.15) is 0 Å². The second kappa shape index (κ2) is 5.74. The summed E-state index contributed by atoms with van der Waals surface area (Å²) in [7, 11) is -3.39. The van der Waals surface area contributed by atoms with Gasteiger partial charge < -0.3 is 5.32 Å². The lowest BCUT2D eigenvalue weighted by Crippen LogP contribution is -2.33. The Hall–Kier alpha value is -1.07. The van der Waals surface area contributed by atoms with Crippen molar-refractivity contribution >= 4 is 15.7 Å². The molecule has 0 radical (unpaired) electrons. The standard InChI is InChI=1S/C15H24N2O2S/c1-12(2)17-20(18,19)14-7-5-13(6-8-14)16-11-15(3)9-4-10-15/h5-8,12,16-17H,4,9-11H2,1-3H3. The van der Waals surface area contributed by atoms with Crippen molar-refractivity contribution in [2.45, 2.75) is 51.0 Å². The van der Waals surface area contributed by atoms with Crippen LogP contribution in [0, 0.1) is 5.41 Å². The first-order chi connectivity index (χ1) is 9.31. The second-order valence-corrected chi connectivity index (χ2v) is 8.03. The van der Waals surface area contributed by atoms with Crippen LogP contribution in [-0.2, 0) is 10.0 Å². The van der Waals surface area contributed by atoms with Gasteiger partial charge in [0, 0.05) is 18.3 Å². The lowest BCUT2D eigenvalue weighted by atomic mass is 9.70. The van der Waals surface area contributed by atoms with Crippen LogP contribution < -0.4 is 10.0 Å². The zero-order valence-corrected chi connectivity index (χ0v) is 13.3. The van der Waals surface area contributed by atoms with Crippen molar-refractivity contribution in [3.8, 4) is 0 Å². The fraction of sp³-hybridized carbons (Fsp3) is 0.600. The highest BCUT2D eigenvalue weighted by Gasteiger charge is 2.31. The van der Waals surface area contributed by atoms with Crippen LogP contribution in [0.4, 0.5) is 5.69 Å². The van der Waals surface area contributed by atoms with E-state index in [-0.39, 0.29) is 6.04 Å². The lowest BCUT2D eigenvalue weighted by molar-refractivity contribution is 0.180. The maximum atomic E-state index is 12.0. The van der Waals surface area contributed by atoms with Gasteiger partial charge in [0.15, 0.2) is 0 Å². The van der Waals surface area contributed by atoms with Gasteiger partial charge in [-0.3, -0.25) is 0 Å². The number of nitrogens with one attached hydrogen (secondary N) is 2. The van der Waals surface area contributed by atoms with E-state index in [0.29, 0.717) is 10.3 Å². The highest BCUT2D eigenvalue weighted by molar-refractivity contribution is 7.89. The number of anilines is 1. The van der Waals surface area contributed by atoms with Crippen molar-refractivity contribution < 1.29 is 8.42 Å². The largest absolute Gasteiger partial charge is 0.384 e. The van der Waals surface area contributed by atoms with E-state index in [1.54, 1.807) is 12.1 Å². The minimum absolute atomic E-state index is 0.101. The van der Waals surface area contributed by atoms with Gasteiger partial charge in [0.1, 0.15) is 0 Å². The molecule has 1 aromatic carbocycles. The van der Waals surface area contributed by atoms with Gasteiger partial charge in [-0.15, -0.1) is 0 Å². The summed E-state index contributed by atoms with van der Waals surface area (Å²) in [6, 6.07) is 6.86. The maximum absolute atomic E-state index is 12.0. The highest BCUT2D eigenvalue weighted by Crippen LogP contribution is 2.40. The lowest BCUT2D eigenvalue weighted by Gasteiger charge is -2.38. The smallest absolute Gasteiger partial charge is 0.240 e. The molecule has 1 fully saturated rings. The van der Waals surface area contributed by atoms with Crippen molar-refractivity contribution in [1.29, 1.82) is 0 Å². The minimum Gasteiger partial charge on any atom is -0.384 e. The van der Waals surface area contributed by atoms with Crippen LogP contribution in [0.5, 0.6) is 0 Å². The molecule has 0 aliphatic heterocycles. The number of benzene rings is 1. The zero-order valence-electron chi connectivity index (χ0n) is 12.4. The molecule has 1 saturated carbocycles. The maximum Gasteiger partial charge on any atom is 0.240 e. The molecule has 1 aliphatic carbocycles. The fourth-order valence-corrected chi connectivity index (χ4v) is 3.65. The zero-order chi connectivity index (χ0) is 14.8. The summed E-state index contributed by atoms with van der Waals surface area (Å²) in [4.78, 5) is 0.312. The van der Waals surface area contributed by atoms with Crippen LogP contribution in [0.15, 0.2) is 29.2 Å². The van der Waals surface area contributed by atoms with Crippen molar-refractivity contribution in [1.82, 2.24) is 4.72 Å². The van der Waals surface area contributed by atoms with Gasteiger partial charge in [-0.25, -0.2) is 13.1 Å². The molecule has 20 heavy (non-hydrogen) atoms. The monoisotopic (exact) mass is 296 g/mol. The summed E-state index contributed by atoms with van der Waals surface area (Å²) in [5.74, 6) is 0. The van der Waals surface area contributed by atoms with E-state index in [4.69, 9.17) is 0 Å². The third kappa shape index (κ3) is 3.73. The first kappa shape index (κ1) is 15.3. The van der Waals surface area contributed by atoms with Gasteiger partial charge >= 0.3 is 0 Å². The molecule has 0 saturated heterocycles. The van der Waals surface area contributed by atoms with E-state index >= 15 is 0 Å². The van der Waals surface area contributed by atoms with Crippen LogP contribution in [0.3, 0.4) is 0 Å². The number of hydrogen-bond acceptors (Lipinski definition) is 3. The van der Waals surface area contributed by atoms with Crippen molar-refractivity contribution in [3.63, 3.8) is 0 Å². The molecule has 2 rings (SSSR count). The van der Waals surface area contributed by atoms with E-state index in [2.05, 4.69) is 17.0 Å². The third-order valence-electron chi connectivity index (χ3n) is 3.84. The van der Waals surface area contributed by atoms with Crippen LogP contribution >= 0.6 is 0 Å². The first-order valence-electron chi connectivity index (χ1n) is 7.17. The molecule has 0 aromatic heterocycles. The van der Waals surface area contributed by atoms with Crippen LogP contribution in [-0.4, -0.2) is 21.0 Å². The average Bonchev–Trinajstić information content (AvgIpc) is 2.33. The Labute approximate surface area is 122 Å². The fourth-order valence-electron chi connectivity index (χ4n) is 2.40. The summed E-state index contributed by atoms with van der Waals surface area (Å²) in [6.07, 6.45) is 3.85. The molecule has 112 valence electrons. The van der Waals surface area contributed by atoms with Crippen LogP contribution in [0.1, 0.15) is 40.0 Å². The van der Waals surface area contributed by atoms with E-state index in [1.807, 2.05) is 26.0 Å². The van der Waals surface area contributed by atoms with E-state index in [9.17, 15) is 8.42 Å². The van der Waals surface area contributed by atoms with Gasteiger partial charge in [0.25, 0.3) is 0 Å². The molecule has 2 N–H and O–H groups in total. The number of hydrogen-bond donors (Lipinski definition) is 2.